The molecule has 0 aromatic heterocycles. The second-order valence-corrected chi connectivity index (χ2v) is 8.39. The summed E-state index contributed by atoms with van der Waals surface area (Å²) in [6, 6.07) is 0. The van der Waals surface area contributed by atoms with Crippen molar-refractivity contribution in [3.63, 3.8) is 0 Å². The van der Waals surface area contributed by atoms with E-state index in [9.17, 15) is 0 Å². The van der Waals surface area contributed by atoms with Crippen molar-refractivity contribution in [3.05, 3.63) is 0 Å². The summed E-state index contributed by atoms with van der Waals surface area (Å²) >= 11 is 0. The van der Waals surface area contributed by atoms with Gasteiger partial charge in [-0.15, -0.1) is 0 Å². The van der Waals surface area contributed by atoms with Crippen LogP contribution in [-0.4, -0.2) is 12.2 Å². The lowest BCUT2D eigenvalue weighted by molar-refractivity contribution is -0.0526. The topological polar surface area (TPSA) is 9.23 Å². The van der Waals surface area contributed by atoms with E-state index in [0.29, 0.717) is 10.8 Å². The molecule has 0 aromatic carbocycles. The first-order chi connectivity index (χ1) is 7.97. The minimum absolute atomic E-state index is 0.00247. The summed E-state index contributed by atoms with van der Waals surface area (Å²) < 4.78 is 6.08. The van der Waals surface area contributed by atoms with Gasteiger partial charge in [0.1, 0.15) is 0 Å². The largest absolute Gasteiger partial charge is 0.376 e. The molecule has 0 aliphatic heterocycles. The van der Waals surface area contributed by atoms with Crippen LogP contribution in [0.5, 0.6) is 0 Å². The highest BCUT2D eigenvalue weighted by Gasteiger charge is 2.32. The van der Waals surface area contributed by atoms with Gasteiger partial charge < -0.3 is 4.74 Å². The van der Waals surface area contributed by atoms with Gasteiger partial charge >= 0.3 is 0 Å². The monoisotopic (exact) mass is 256 g/mol. The van der Waals surface area contributed by atoms with Crippen LogP contribution in [-0.2, 0) is 4.74 Å². The summed E-state index contributed by atoms with van der Waals surface area (Å²) in [5.41, 5.74) is 0.733. The van der Waals surface area contributed by atoms with Gasteiger partial charge in [-0.25, -0.2) is 0 Å². The molecule has 0 saturated carbocycles. The van der Waals surface area contributed by atoms with E-state index in [1.807, 2.05) is 0 Å². The van der Waals surface area contributed by atoms with Gasteiger partial charge in [0.25, 0.3) is 0 Å². The van der Waals surface area contributed by atoms with Crippen molar-refractivity contribution in [1.29, 1.82) is 0 Å². The SMILES string of the molecule is CCCCCOC(C)(C)CC(C)(C)CC(C)(C)C. The van der Waals surface area contributed by atoms with Crippen molar-refractivity contribution < 1.29 is 4.74 Å². The van der Waals surface area contributed by atoms with Crippen LogP contribution >= 0.6 is 0 Å². The Balaban J connectivity index is 4.20. The molecule has 0 aliphatic carbocycles. The third kappa shape index (κ3) is 9.94. The van der Waals surface area contributed by atoms with Crippen molar-refractivity contribution in [2.45, 2.75) is 93.1 Å². The fraction of sp³-hybridized carbons (Fsp3) is 1.00. The quantitative estimate of drug-likeness (QED) is 0.497. The van der Waals surface area contributed by atoms with Crippen LogP contribution in [0.25, 0.3) is 0 Å². The molecule has 0 bridgehead atoms. The Labute approximate surface area is 116 Å². The van der Waals surface area contributed by atoms with Gasteiger partial charge in [-0.3, -0.25) is 0 Å². The summed E-state index contributed by atoms with van der Waals surface area (Å²) in [4.78, 5) is 0. The number of rotatable bonds is 8. The van der Waals surface area contributed by atoms with Gasteiger partial charge in [0.15, 0.2) is 0 Å². The molecule has 0 aliphatic rings. The maximum atomic E-state index is 6.08. The Morgan fingerprint density at radius 1 is 0.778 bits per heavy atom. The van der Waals surface area contributed by atoms with Gasteiger partial charge in [0, 0.05) is 6.61 Å². The predicted molar refractivity (Wildman–Crippen MR) is 82.0 cm³/mol. The van der Waals surface area contributed by atoms with Crippen molar-refractivity contribution in [3.8, 4) is 0 Å². The molecule has 0 N–H and O–H groups in total. The third-order valence-electron chi connectivity index (χ3n) is 3.15. The summed E-state index contributed by atoms with van der Waals surface area (Å²) in [5.74, 6) is 0. The Bertz CT molecular complexity index is 220. The zero-order chi connectivity index (χ0) is 14.4. The number of unbranched alkanes of at least 4 members (excludes halogenated alkanes) is 2. The zero-order valence-electron chi connectivity index (χ0n) is 14.2. The van der Waals surface area contributed by atoms with Crippen LogP contribution in [0.2, 0.25) is 0 Å². The Morgan fingerprint density at radius 3 is 1.78 bits per heavy atom. The maximum Gasteiger partial charge on any atom is 0.0631 e. The normalized spacial score (nSPS) is 14.0. The molecule has 110 valence electrons. The Hall–Kier alpha value is -0.0400. The molecule has 0 rings (SSSR count). The second kappa shape index (κ2) is 6.93. The van der Waals surface area contributed by atoms with Crippen LogP contribution in [0.4, 0.5) is 0 Å². The first kappa shape index (κ1) is 18.0. The molecule has 0 spiro atoms. The number of ether oxygens (including phenoxy) is 1. The van der Waals surface area contributed by atoms with E-state index >= 15 is 0 Å². The van der Waals surface area contributed by atoms with Crippen molar-refractivity contribution in [2.75, 3.05) is 6.61 Å². The van der Waals surface area contributed by atoms with Crippen molar-refractivity contribution >= 4 is 0 Å². The number of hydrogen-bond acceptors (Lipinski definition) is 1. The zero-order valence-corrected chi connectivity index (χ0v) is 14.2. The lowest BCUT2D eigenvalue weighted by Gasteiger charge is -2.38. The molecule has 18 heavy (non-hydrogen) atoms. The Morgan fingerprint density at radius 2 is 1.33 bits per heavy atom. The summed E-state index contributed by atoms with van der Waals surface area (Å²) in [5, 5.41) is 0. The average Bonchev–Trinajstić information content (AvgIpc) is 2.06. The molecule has 0 heterocycles. The average molecular weight is 256 g/mol. The Kier molecular flexibility index (Phi) is 6.92. The van der Waals surface area contributed by atoms with Crippen LogP contribution in [0, 0.1) is 10.8 Å². The molecule has 0 radical (unpaired) electrons. The molecular weight excluding hydrogens is 220 g/mol. The van der Waals surface area contributed by atoms with Gasteiger partial charge in [0.2, 0.25) is 0 Å². The second-order valence-electron chi connectivity index (χ2n) is 8.39. The van der Waals surface area contributed by atoms with Crippen LogP contribution < -0.4 is 0 Å². The molecule has 0 atom stereocenters. The summed E-state index contributed by atoms with van der Waals surface area (Å²) in [6.07, 6.45) is 6.10. The predicted octanol–water partition coefficient (Wildman–Crippen LogP) is 5.82. The van der Waals surface area contributed by atoms with Gasteiger partial charge in [-0.1, -0.05) is 54.4 Å². The van der Waals surface area contributed by atoms with Crippen molar-refractivity contribution in [1.82, 2.24) is 0 Å². The van der Waals surface area contributed by atoms with E-state index in [1.54, 1.807) is 0 Å². The highest BCUT2D eigenvalue weighted by atomic mass is 16.5. The highest BCUT2D eigenvalue weighted by Crippen LogP contribution is 2.39. The molecule has 1 nitrogen and oxygen atoms in total. The third-order valence-corrected chi connectivity index (χ3v) is 3.15. The van der Waals surface area contributed by atoms with E-state index in [-0.39, 0.29) is 5.60 Å². The lowest BCUT2D eigenvalue weighted by Crippen LogP contribution is -2.34. The van der Waals surface area contributed by atoms with E-state index in [0.717, 1.165) is 13.0 Å². The van der Waals surface area contributed by atoms with Gasteiger partial charge in [0.05, 0.1) is 5.60 Å². The molecule has 0 unspecified atom stereocenters. The first-order valence-electron chi connectivity index (χ1n) is 7.61. The minimum atomic E-state index is 0.00247. The van der Waals surface area contributed by atoms with Crippen LogP contribution in [0.15, 0.2) is 0 Å². The molecule has 0 aromatic rings. The van der Waals surface area contributed by atoms with Crippen molar-refractivity contribution in [2.24, 2.45) is 10.8 Å². The van der Waals surface area contributed by atoms with E-state index in [1.165, 1.54) is 25.7 Å². The standard InChI is InChI=1S/C17H36O/c1-9-10-11-12-18-17(7,8)14-16(5,6)13-15(2,3)4/h9-14H2,1-8H3. The molecule has 1 heteroatoms. The highest BCUT2D eigenvalue weighted by molar-refractivity contribution is 4.83. The van der Waals surface area contributed by atoms with Crippen LogP contribution in [0.3, 0.4) is 0 Å². The van der Waals surface area contributed by atoms with Gasteiger partial charge in [-0.05, 0) is 43.9 Å². The van der Waals surface area contributed by atoms with Crippen LogP contribution in [0.1, 0.15) is 87.5 Å². The first-order valence-corrected chi connectivity index (χ1v) is 7.61. The fourth-order valence-electron chi connectivity index (χ4n) is 3.40. The molecule has 0 saturated heterocycles. The molecular formula is C17H36O. The maximum absolute atomic E-state index is 6.08. The minimum Gasteiger partial charge on any atom is -0.376 e. The smallest absolute Gasteiger partial charge is 0.0631 e. The van der Waals surface area contributed by atoms with Gasteiger partial charge in [-0.2, -0.15) is 0 Å². The molecule has 0 amide bonds. The fourth-order valence-corrected chi connectivity index (χ4v) is 3.40. The number of hydrogen-bond donors (Lipinski definition) is 0. The van der Waals surface area contributed by atoms with E-state index < -0.39 is 0 Å². The molecule has 0 fully saturated rings. The van der Waals surface area contributed by atoms with E-state index in [2.05, 4.69) is 55.4 Å². The van der Waals surface area contributed by atoms with E-state index in [4.69, 9.17) is 4.74 Å². The summed E-state index contributed by atoms with van der Waals surface area (Å²) in [6.45, 7) is 19.3. The lowest BCUT2D eigenvalue weighted by atomic mass is 9.71. The summed E-state index contributed by atoms with van der Waals surface area (Å²) in [7, 11) is 0.